The molecular weight excluding hydrogens is 695 g/mol. The van der Waals surface area contributed by atoms with Crippen LogP contribution in [-0.4, -0.2) is 90.0 Å². The van der Waals surface area contributed by atoms with Gasteiger partial charge in [0.25, 0.3) is 0 Å². The van der Waals surface area contributed by atoms with E-state index in [1.54, 1.807) is 30.1 Å². The minimum absolute atomic E-state index is 0.184. The Balaban J connectivity index is 0.836. The van der Waals surface area contributed by atoms with Crippen LogP contribution in [0, 0.1) is 28.6 Å². The number of nitriles is 2. The number of benzene rings is 1. The van der Waals surface area contributed by atoms with Crippen molar-refractivity contribution in [3.05, 3.63) is 72.4 Å². The van der Waals surface area contributed by atoms with Crippen LogP contribution in [0.15, 0.2) is 61.3 Å². The highest BCUT2D eigenvalue weighted by Gasteiger charge is 2.29. The van der Waals surface area contributed by atoms with Gasteiger partial charge in [-0.2, -0.15) is 25.4 Å². The number of piperidine rings is 1. The van der Waals surface area contributed by atoms with Gasteiger partial charge >= 0.3 is 0 Å². The Kier molecular flexibility index (Phi) is 10.2. The number of amides is 2. The van der Waals surface area contributed by atoms with Gasteiger partial charge in [0.15, 0.2) is 17.3 Å². The number of hydrogen-bond donors (Lipinski definition) is 2. The Morgan fingerprint density at radius 1 is 0.945 bits per heavy atom. The summed E-state index contributed by atoms with van der Waals surface area (Å²) in [4.78, 5) is 42.6. The van der Waals surface area contributed by atoms with Gasteiger partial charge in [-0.3, -0.25) is 19.8 Å². The summed E-state index contributed by atoms with van der Waals surface area (Å²) in [6.45, 7) is 6.92. The van der Waals surface area contributed by atoms with Crippen molar-refractivity contribution in [2.45, 2.75) is 69.9 Å². The van der Waals surface area contributed by atoms with Crippen LogP contribution < -0.4 is 15.5 Å². The highest BCUT2D eigenvalue weighted by molar-refractivity contribution is 6.01. The lowest BCUT2D eigenvalue weighted by atomic mass is 9.84. The van der Waals surface area contributed by atoms with Crippen LogP contribution >= 0.6 is 0 Å². The summed E-state index contributed by atoms with van der Waals surface area (Å²) >= 11 is 0. The average molecular weight is 738 g/mol. The number of piperazine rings is 1. The normalized spacial score (nSPS) is 21.1. The number of fused-ring (bicyclic) bond motifs is 1. The van der Waals surface area contributed by atoms with E-state index < -0.39 is 6.04 Å². The molecule has 2 amide bonds. The maximum atomic E-state index is 12.3. The molecule has 2 atom stereocenters. The van der Waals surface area contributed by atoms with E-state index in [1.807, 2.05) is 29.2 Å². The fourth-order valence-corrected chi connectivity index (χ4v) is 8.07. The molecule has 5 aromatic rings. The van der Waals surface area contributed by atoms with Crippen LogP contribution in [0.4, 0.5) is 11.4 Å². The molecule has 2 N–H and O–H groups in total. The van der Waals surface area contributed by atoms with Crippen molar-refractivity contribution < 1.29 is 9.59 Å². The van der Waals surface area contributed by atoms with Gasteiger partial charge in [-0.05, 0) is 81.7 Å². The third kappa shape index (κ3) is 7.75. The quantitative estimate of drug-likeness (QED) is 0.188. The largest absolute Gasteiger partial charge is 0.369 e. The summed E-state index contributed by atoms with van der Waals surface area (Å²) < 4.78 is 3.60. The second kappa shape index (κ2) is 15.7. The second-order valence-corrected chi connectivity index (χ2v) is 14.8. The molecule has 15 nitrogen and oxygen atoms in total. The minimum atomic E-state index is -0.466. The fourth-order valence-electron chi connectivity index (χ4n) is 8.07. The van der Waals surface area contributed by atoms with Crippen LogP contribution in [0.2, 0.25) is 0 Å². The number of nitrogens with zero attached hydrogens (tertiary/aromatic N) is 11. The maximum absolute atomic E-state index is 12.3. The van der Waals surface area contributed by atoms with Gasteiger partial charge in [-0.15, -0.1) is 0 Å². The van der Waals surface area contributed by atoms with Crippen LogP contribution in [0.1, 0.15) is 75.0 Å². The van der Waals surface area contributed by atoms with Crippen molar-refractivity contribution in [2.75, 3.05) is 42.9 Å². The van der Waals surface area contributed by atoms with Crippen molar-refractivity contribution in [1.29, 1.82) is 10.5 Å². The van der Waals surface area contributed by atoms with E-state index in [0.717, 1.165) is 69.4 Å². The molecule has 3 aliphatic rings. The summed E-state index contributed by atoms with van der Waals surface area (Å²) in [5, 5.41) is 34.6. The molecule has 0 radical (unpaired) electrons. The Morgan fingerprint density at radius 2 is 1.75 bits per heavy atom. The van der Waals surface area contributed by atoms with E-state index in [4.69, 9.17) is 5.10 Å². The number of aromatic nitrogens is 7. The first-order valence-electron chi connectivity index (χ1n) is 19.1. The lowest BCUT2D eigenvalue weighted by molar-refractivity contribution is -0.134. The number of pyridine rings is 2. The molecule has 15 heteroatoms. The monoisotopic (exact) mass is 737 g/mol. The second-order valence-electron chi connectivity index (χ2n) is 14.8. The van der Waals surface area contributed by atoms with Crippen molar-refractivity contribution in [3.63, 3.8) is 0 Å². The molecule has 280 valence electrons. The molecule has 4 aromatic heterocycles. The smallest absolute Gasteiger partial charge is 0.234 e. The zero-order valence-electron chi connectivity index (χ0n) is 30.8. The Morgan fingerprint density at radius 3 is 2.49 bits per heavy atom. The molecule has 0 spiro atoms. The number of rotatable bonds is 10. The molecule has 1 saturated carbocycles. The average Bonchev–Trinajstić information content (AvgIpc) is 3.88. The zero-order chi connectivity index (χ0) is 37.9. The van der Waals surface area contributed by atoms with Crippen molar-refractivity contribution >= 4 is 34.2 Å². The molecule has 1 unspecified atom stereocenters. The van der Waals surface area contributed by atoms with Crippen molar-refractivity contribution in [1.82, 2.24) is 44.7 Å². The number of anilines is 2. The first-order valence-corrected chi connectivity index (χ1v) is 19.1. The minimum Gasteiger partial charge on any atom is -0.369 e. The molecular formula is C40H43N13O2. The van der Waals surface area contributed by atoms with Crippen LogP contribution in [0.25, 0.3) is 28.2 Å². The van der Waals surface area contributed by atoms with Crippen LogP contribution in [0.5, 0.6) is 0 Å². The van der Waals surface area contributed by atoms with Gasteiger partial charge < -0.3 is 10.2 Å². The first kappa shape index (κ1) is 35.8. The SMILES string of the molecule is C[C@H](C#N)Nc1cc(-n2ncc3cc(C#N)cnc32)ncc1-c1ncn(C2CCC(CCN3CCN(c4ccc(C5CCC(=O)NC5=O)cc4)CC3)CC2)n1. The molecule has 2 saturated heterocycles. The van der Waals surface area contributed by atoms with Gasteiger partial charge in [0.1, 0.15) is 18.4 Å². The van der Waals surface area contributed by atoms with Crippen molar-refractivity contribution in [3.8, 4) is 29.3 Å². The zero-order valence-corrected chi connectivity index (χ0v) is 30.8. The summed E-state index contributed by atoms with van der Waals surface area (Å²) in [7, 11) is 0. The lowest BCUT2D eigenvalue weighted by Gasteiger charge is -2.37. The molecule has 3 fully saturated rings. The fraction of sp³-hybridized carbons (Fsp3) is 0.425. The Labute approximate surface area is 319 Å². The molecule has 2 aliphatic heterocycles. The standard InChI is InChI=1S/C40H43N13O2/c1-26(20-41)47-35-19-36(53-39-30(23-46-53)18-28(21-42)22-44-39)43-24-34(35)38-45-25-52(49-38)32-6-2-27(3-7-32)12-13-50-14-16-51(17-15-50)31-8-4-29(5-9-31)33-10-11-37(54)48-40(33)55/h4-5,8-9,18-19,22-27,32-33H,2-3,6-7,10-17H2,1H3,(H,43,47)(H,48,54,55)/t26-,27?,32?,33?/m1/s1. The molecule has 1 aliphatic carbocycles. The van der Waals surface area contributed by atoms with E-state index in [1.165, 1.54) is 18.3 Å². The van der Waals surface area contributed by atoms with E-state index in [9.17, 15) is 20.1 Å². The van der Waals surface area contributed by atoms with Crippen LogP contribution in [-0.2, 0) is 9.59 Å². The molecule has 0 bridgehead atoms. The van der Waals surface area contributed by atoms with Gasteiger partial charge in [0, 0.05) is 62.1 Å². The van der Waals surface area contributed by atoms with Gasteiger partial charge in [-0.25, -0.2) is 19.6 Å². The highest BCUT2D eigenvalue weighted by atomic mass is 16.2. The van der Waals surface area contributed by atoms with E-state index >= 15 is 0 Å². The number of imide groups is 1. The lowest BCUT2D eigenvalue weighted by Crippen LogP contribution is -2.47. The van der Waals surface area contributed by atoms with Gasteiger partial charge in [0.05, 0.1) is 41.0 Å². The van der Waals surface area contributed by atoms with E-state index in [0.29, 0.717) is 52.9 Å². The van der Waals surface area contributed by atoms with Gasteiger partial charge in [-0.1, -0.05) is 12.1 Å². The number of carbonyl (C=O) groups excluding carboxylic acids is 2. The predicted molar refractivity (Wildman–Crippen MR) is 205 cm³/mol. The molecule has 6 heterocycles. The topological polar surface area (TPSA) is 187 Å². The predicted octanol–water partition coefficient (Wildman–Crippen LogP) is 4.73. The number of nitrogens with one attached hydrogen (secondary N) is 2. The number of carbonyl (C=O) groups is 2. The maximum Gasteiger partial charge on any atom is 0.234 e. The molecule has 1 aromatic carbocycles. The highest BCUT2D eigenvalue weighted by Crippen LogP contribution is 2.35. The first-order chi connectivity index (χ1) is 26.8. The summed E-state index contributed by atoms with van der Waals surface area (Å²) in [6.07, 6.45) is 13.2. The summed E-state index contributed by atoms with van der Waals surface area (Å²) in [6, 6.07) is 16.0. The Bertz CT molecular complexity index is 2270. The van der Waals surface area contributed by atoms with E-state index in [2.05, 4.69) is 64.8 Å². The summed E-state index contributed by atoms with van der Waals surface area (Å²) in [5.74, 6) is 1.12. The van der Waals surface area contributed by atoms with E-state index in [-0.39, 0.29) is 23.8 Å². The number of hydrogen-bond acceptors (Lipinski definition) is 12. The third-order valence-corrected chi connectivity index (χ3v) is 11.3. The summed E-state index contributed by atoms with van der Waals surface area (Å²) in [5.41, 5.74) is 4.54. The van der Waals surface area contributed by atoms with Crippen LogP contribution in [0.3, 0.4) is 0 Å². The third-order valence-electron chi connectivity index (χ3n) is 11.3. The van der Waals surface area contributed by atoms with Gasteiger partial charge in [0.2, 0.25) is 11.8 Å². The molecule has 55 heavy (non-hydrogen) atoms. The van der Waals surface area contributed by atoms with Crippen molar-refractivity contribution in [2.24, 2.45) is 5.92 Å². The molecule has 8 rings (SSSR count). The Hall–Kier alpha value is -6.19.